The predicted molar refractivity (Wildman–Crippen MR) is 73.3 cm³/mol. The summed E-state index contributed by atoms with van der Waals surface area (Å²) >= 11 is 0. The maximum atomic E-state index is 5.45. The monoisotopic (exact) mass is 242 g/mol. The Balaban J connectivity index is 2.26. The van der Waals surface area contributed by atoms with Crippen molar-refractivity contribution in [2.45, 2.75) is 40.2 Å². The van der Waals surface area contributed by atoms with Crippen molar-refractivity contribution in [2.24, 2.45) is 11.3 Å². The number of nitrogens with zero attached hydrogens (tertiary/aromatic N) is 1. The quantitative estimate of drug-likeness (QED) is 0.739. The standard InChI is InChI=1S/C14H30N2O/c1-12(2)8-15-10-14(3,4)11-16(5)13-6-7-17-9-13/h12-13,15H,6-11H2,1-5H3. The van der Waals surface area contributed by atoms with Crippen LogP contribution >= 0.6 is 0 Å². The van der Waals surface area contributed by atoms with Crippen molar-refractivity contribution in [2.75, 3.05) is 39.9 Å². The molecule has 1 aliphatic heterocycles. The Hall–Kier alpha value is -0.120. The molecule has 1 rings (SSSR count). The first kappa shape index (κ1) is 14.9. The molecule has 1 saturated heterocycles. The zero-order valence-corrected chi connectivity index (χ0v) is 12.3. The highest BCUT2D eigenvalue weighted by molar-refractivity contribution is 4.80. The summed E-state index contributed by atoms with van der Waals surface area (Å²) in [5, 5.41) is 3.56. The molecule has 1 fully saturated rings. The summed E-state index contributed by atoms with van der Waals surface area (Å²) in [6.45, 7) is 14.4. The highest BCUT2D eigenvalue weighted by Crippen LogP contribution is 2.19. The molecule has 1 atom stereocenters. The smallest absolute Gasteiger partial charge is 0.0622 e. The van der Waals surface area contributed by atoms with Gasteiger partial charge in [0.25, 0.3) is 0 Å². The Bertz CT molecular complexity index is 210. The van der Waals surface area contributed by atoms with Gasteiger partial charge in [0.15, 0.2) is 0 Å². The first-order valence-corrected chi connectivity index (χ1v) is 6.89. The van der Waals surface area contributed by atoms with Gasteiger partial charge in [-0.25, -0.2) is 0 Å². The summed E-state index contributed by atoms with van der Waals surface area (Å²) in [5.41, 5.74) is 0.326. The Kier molecular flexibility index (Phi) is 5.90. The van der Waals surface area contributed by atoms with E-state index in [0.29, 0.717) is 11.5 Å². The largest absolute Gasteiger partial charge is 0.380 e. The highest BCUT2D eigenvalue weighted by atomic mass is 16.5. The van der Waals surface area contributed by atoms with E-state index in [-0.39, 0.29) is 0 Å². The van der Waals surface area contributed by atoms with Crippen LogP contribution in [-0.4, -0.2) is 50.8 Å². The number of ether oxygens (including phenoxy) is 1. The molecule has 3 nitrogen and oxygen atoms in total. The van der Waals surface area contributed by atoms with Gasteiger partial charge in [-0.2, -0.15) is 0 Å². The van der Waals surface area contributed by atoms with Crippen LogP contribution in [0.5, 0.6) is 0 Å². The van der Waals surface area contributed by atoms with Gasteiger partial charge in [0.05, 0.1) is 6.61 Å². The Morgan fingerprint density at radius 1 is 1.41 bits per heavy atom. The summed E-state index contributed by atoms with van der Waals surface area (Å²) in [7, 11) is 2.23. The van der Waals surface area contributed by atoms with Crippen LogP contribution in [0.3, 0.4) is 0 Å². The second kappa shape index (κ2) is 6.72. The molecular formula is C14H30N2O. The molecule has 1 N–H and O–H groups in total. The average molecular weight is 242 g/mol. The lowest BCUT2D eigenvalue weighted by Gasteiger charge is -2.33. The van der Waals surface area contributed by atoms with E-state index in [4.69, 9.17) is 4.74 Å². The van der Waals surface area contributed by atoms with E-state index in [2.05, 4.69) is 45.0 Å². The molecule has 0 bridgehead atoms. The SMILES string of the molecule is CC(C)CNCC(C)(C)CN(C)C1CCOC1. The van der Waals surface area contributed by atoms with Gasteiger partial charge < -0.3 is 15.0 Å². The van der Waals surface area contributed by atoms with Crippen LogP contribution in [0.2, 0.25) is 0 Å². The van der Waals surface area contributed by atoms with Gasteiger partial charge in [-0.15, -0.1) is 0 Å². The van der Waals surface area contributed by atoms with Crippen molar-refractivity contribution in [3.63, 3.8) is 0 Å². The molecule has 0 radical (unpaired) electrons. The molecule has 0 amide bonds. The maximum absolute atomic E-state index is 5.45. The number of hydrogen-bond acceptors (Lipinski definition) is 3. The number of hydrogen-bond donors (Lipinski definition) is 1. The molecule has 1 unspecified atom stereocenters. The molecule has 0 aliphatic carbocycles. The molecular weight excluding hydrogens is 212 g/mol. The average Bonchev–Trinajstić information content (AvgIpc) is 2.68. The van der Waals surface area contributed by atoms with Crippen LogP contribution in [0.25, 0.3) is 0 Å². The third kappa shape index (κ3) is 5.84. The molecule has 0 spiro atoms. The normalized spacial score (nSPS) is 21.7. The molecule has 3 heteroatoms. The van der Waals surface area contributed by atoms with E-state index in [9.17, 15) is 0 Å². The fourth-order valence-electron chi connectivity index (χ4n) is 2.43. The van der Waals surface area contributed by atoms with Crippen molar-refractivity contribution in [3.05, 3.63) is 0 Å². The molecule has 1 aliphatic rings. The molecule has 0 aromatic heterocycles. The van der Waals surface area contributed by atoms with Crippen molar-refractivity contribution in [3.8, 4) is 0 Å². The van der Waals surface area contributed by atoms with Gasteiger partial charge in [-0.3, -0.25) is 0 Å². The zero-order valence-electron chi connectivity index (χ0n) is 12.3. The van der Waals surface area contributed by atoms with E-state index >= 15 is 0 Å². The van der Waals surface area contributed by atoms with Crippen LogP contribution in [-0.2, 0) is 4.74 Å². The Labute approximate surface area is 107 Å². The summed E-state index contributed by atoms with van der Waals surface area (Å²) in [5.74, 6) is 0.728. The van der Waals surface area contributed by atoms with Gasteiger partial charge in [0.2, 0.25) is 0 Å². The minimum atomic E-state index is 0.326. The molecule has 0 aromatic rings. The second-order valence-electron chi connectivity index (χ2n) is 6.62. The Morgan fingerprint density at radius 3 is 2.65 bits per heavy atom. The van der Waals surface area contributed by atoms with Crippen molar-refractivity contribution >= 4 is 0 Å². The van der Waals surface area contributed by atoms with Crippen LogP contribution in [0.15, 0.2) is 0 Å². The molecule has 17 heavy (non-hydrogen) atoms. The molecule has 1 heterocycles. The van der Waals surface area contributed by atoms with Gasteiger partial charge in [0, 0.05) is 25.7 Å². The first-order valence-electron chi connectivity index (χ1n) is 6.89. The topological polar surface area (TPSA) is 24.5 Å². The van der Waals surface area contributed by atoms with Crippen LogP contribution in [0.1, 0.15) is 34.1 Å². The van der Waals surface area contributed by atoms with E-state index in [0.717, 1.165) is 38.8 Å². The number of nitrogens with one attached hydrogen (secondary N) is 1. The lowest BCUT2D eigenvalue weighted by atomic mass is 9.92. The van der Waals surface area contributed by atoms with Gasteiger partial charge in [0.1, 0.15) is 0 Å². The van der Waals surface area contributed by atoms with Crippen molar-refractivity contribution < 1.29 is 4.74 Å². The van der Waals surface area contributed by atoms with Crippen LogP contribution < -0.4 is 5.32 Å². The first-order chi connectivity index (χ1) is 7.91. The van der Waals surface area contributed by atoms with E-state index in [1.165, 1.54) is 6.42 Å². The summed E-state index contributed by atoms with van der Waals surface area (Å²) in [4.78, 5) is 2.46. The minimum Gasteiger partial charge on any atom is -0.380 e. The third-order valence-electron chi connectivity index (χ3n) is 3.36. The second-order valence-corrected chi connectivity index (χ2v) is 6.62. The molecule has 0 aromatic carbocycles. The lowest BCUT2D eigenvalue weighted by Crippen LogP contribution is -2.43. The van der Waals surface area contributed by atoms with Gasteiger partial charge in [-0.1, -0.05) is 27.7 Å². The summed E-state index contributed by atoms with van der Waals surface area (Å²) < 4.78 is 5.45. The van der Waals surface area contributed by atoms with Gasteiger partial charge >= 0.3 is 0 Å². The zero-order chi connectivity index (χ0) is 12.9. The fraction of sp³-hybridized carbons (Fsp3) is 1.00. The highest BCUT2D eigenvalue weighted by Gasteiger charge is 2.26. The van der Waals surface area contributed by atoms with Gasteiger partial charge in [-0.05, 0) is 31.3 Å². The van der Waals surface area contributed by atoms with Crippen LogP contribution in [0.4, 0.5) is 0 Å². The lowest BCUT2D eigenvalue weighted by molar-refractivity contribution is 0.128. The number of rotatable bonds is 7. The summed E-state index contributed by atoms with van der Waals surface area (Å²) in [6, 6.07) is 0.624. The van der Waals surface area contributed by atoms with E-state index < -0.39 is 0 Å². The fourth-order valence-corrected chi connectivity index (χ4v) is 2.43. The van der Waals surface area contributed by atoms with Crippen molar-refractivity contribution in [1.29, 1.82) is 0 Å². The van der Waals surface area contributed by atoms with Crippen molar-refractivity contribution in [1.82, 2.24) is 10.2 Å². The van der Waals surface area contributed by atoms with E-state index in [1.54, 1.807) is 0 Å². The minimum absolute atomic E-state index is 0.326. The van der Waals surface area contributed by atoms with E-state index in [1.807, 2.05) is 0 Å². The maximum Gasteiger partial charge on any atom is 0.0622 e. The van der Waals surface area contributed by atoms with Crippen LogP contribution in [0, 0.1) is 11.3 Å². The molecule has 102 valence electrons. The number of likely N-dealkylation sites (N-methyl/N-ethyl adjacent to an activating group) is 1. The third-order valence-corrected chi connectivity index (χ3v) is 3.36. The molecule has 0 saturated carbocycles. The Morgan fingerprint density at radius 2 is 2.12 bits per heavy atom. The predicted octanol–water partition coefficient (Wildman–Crippen LogP) is 1.98. The summed E-state index contributed by atoms with van der Waals surface area (Å²) in [6.07, 6.45) is 1.19.